The number of benzene rings is 3. The number of fused-ring (bicyclic) bond motifs is 1. The van der Waals surface area contributed by atoms with E-state index in [9.17, 15) is 29.3 Å². The van der Waals surface area contributed by atoms with E-state index < -0.39 is 28.8 Å². The molecule has 0 fully saturated rings. The highest BCUT2D eigenvalue weighted by molar-refractivity contribution is 6.34. The van der Waals surface area contributed by atoms with Gasteiger partial charge in [-0.15, -0.1) is 0 Å². The van der Waals surface area contributed by atoms with Crippen molar-refractivity contribution in [1.29, 1.82) is 0 Å². The van der Waals surface area contributed by atoms with Crippen LogP contribution in [0.1, 0.15) is 48.4 Å². The molecule has 1 aliphatic rings. The first-order valence-corrected chi connectivity index (χ1v) is 9.85. The minimum Gasteiger partial charge on any atom is -0.451 e. The van der Waals surface area contributed by atoms with E-state index >= 15 is 0 Å². The number of non-ortho nitro benzene ring substituents is 1. The fourth-order valence-electron chi connectivity index (χ4n) is 3.47. The van der Waals surface area contributed by atoms with E-state index in [4.69, 9.17) is 4.74 Å². The van der Waals surface area contributed by atoms with Gasteiger partial charge in [-0.1, -0.05) is 36.4 Å². The van der Waals surface area contributed by atoms with Crippen LogP contribution in [0.25, 0.3) is 0 Å². The second-order valence-electron chi connectivity index (χ2n) is 7.26. The van der Waals surface area contributed by atoms with Crippen molar-refractivity contribution in [2.24, 2.45) is 0 Å². The molecule has 1 heterocycles. The molecule has 0 aromatic heterocycles. The molecule has 0 radical (unpaired) electrons. The average molecular weight is 444 g/mol. The second kappa shape index (κ2) is 8.46. The predicted molar refractivity (Wildman–Crippen MR) is 116 cm³/mol. The van der Waals surface area contributed by atoms with Gasteiger partial charge in [-0.05, 0) is 31.2 Å². The summed E-state index contributed by atoms with van der Waals surface area (Å²) in [5, 5.41) is 11.0. The smallest absolute Gasteiger partial charge is 0.338 e. The number of nitrogens with zero attached hydrogens (tertiary/aromatic N) is 2. The van der Waals surface area contributed by atoms with Crippen LogP contribution < -0.4 is 4.90 Å². The monoisotopic (exact) mass is 444 g/mol. The standard InChI is InChI=1S/C24H16N2O7/c1-14(21(27)15-6-3-2-4-7-15)33-24(30)16-10-11-19-20(12-16)23(29)25(22(19)28)17-8-5-9-18(13-17)26(31)32/h2-14H,1H3/t14-/m0/s1. The molecular formula is C24H16N2O7. The Hall–Kier alpha value is -4.66. The average Bonchev–Trinajstić information content (AvgIpc) is 3.08. The van der Waals surface area contributed by atoms with Crippen molar-refractivity contribution >= 4 is 34.9 Å². The Labute approximate surface area is 187 Å². The molecule has 1 atom stereocenters. The van der Waals surface area contributed by atoms with Gasteiger partial charge >= 0.3 is 5.97 Å². The van der Waals surface area contributed by atoms with Gasteiger partial charge in [0.2, 0.25) is 5.78 Å². The van der Waals surface area contributed by atoms with Gasteiger partial charge in [0, 0.05) is 17.7 Å². The van der Waals surface area contributed by atoms with Gasteiger partial charge in [-0.2, -0.15) is 0 Å². The number of carbonyl (C=O) groups excluding carboxylic acids is 4. The first-order valence-electron chi connectivity index (χ1n) is 9.85. The van der Waals surface area contributed by atoms with E-state index in [0.717, 1.165) is 11.0 Å². The highest BCUT2D eigenvalue weighted by atomic mass is 16.6. The zero-order valence-electron chi connectivity index (χ0n) is 17.3. The Morgan fingerprint density at radius 3 is 2.27 bits per heavy atom. The third-order valence-electron chi connectivity index (χ3n) is 5.13. The maximum absolute atomic E-state index is 12.9. The summed E-state index contributed by atoms with van der Waals surface area (Å²) in [7, 11) is 0. The SMILES string of the molecule is C[C@H](OC(=O)c1ccc2c(c1)C(=O)N(c1cccc([N+](=O)[O-])c1)C2=O)C(=O)c1ccccc1. The first kappa shape index (κ1) is 21.6. The molecule has 0 bridgehead atoms. The van der Waals surface area contributed by atoms with E-state index in [1.54, 1.807) is 30.3 Å². The molecule has 164 valence electrons. The van der Waals surface area contributed by atoms with Crippen molar-refractivity contribution in [1.82, 2.24) is 0 Å². The van der Waals surface area contributed by atoms with Crippen molar-refractivity contribution in [3.05, 3.63) is 105 Å². The van der Waals surface area contributed by atoms with Gasteiger partial charge in [-0.25, -0.2) is 9.69 Å². The molecule has 0 unspecified atom stereocenters. The number of Topliss-reactive ketones (excluding diaryl/α,β-unsaturated/α-hetero) is 1. The topological polar surface area (TPSA) is 124 Å². The quantitative estimate of drug-likeness (QED) is 0.186. The Morgan fingerprint density at radius 1 is 0.879 bits per heavy atom. The normalized spacial score (nSPS) is 13.4. The molecule has 3 aromatic rings. The summed E-state index contributed by atoms with van der Waals surface area (Å²) in [6.07, 6.45) is -1.06. The minimum atomic E-state index is -1.06. The predicted octanol–water partition coefficient (Wildman–Crippen LogP) is 3.82. The molecule has 0 spiro atoms. The van der Waals surface area contributed by atoms with Crippen LogP contribution in [0.5, 0.6) is 0 Å². The molecule has 3 aromatic carbocycles. The molecule has 0 saturated carbocycles. The molecular weight excluding hydrogens is 428 g/mol. The molecule has 0 saturated heterocycles. The van der Waals surface area contributed by atoms with E-state index in [2.05, 4.69) is 0 Å². The van der Waals surface area contributed by atoms with Crippen LogP contribution in [0.3, 0.4) is 0 Å². The molecule has 1 aliphatic heterocycles. The number of ketones is 1. The number of imide groups is 1. The maximum Gasteiger partial charge on any atom is 0.338 e. The van der Waals surface area contributed by atoms with Gasteiger partial charge in [0.15, 0.2) is 6.10 Å². The van der Waals surface area contributed by atoms with Gasteiger partial charge in [0.1, 0.15) is 0 Å². The van der Waals surface area contributed by atoms with Crippen molar-refractivity contribution in [2.75, 3.05) is 4.90 Å². The lowest BCUT2D eigenvalue weighted by molar-refractivity contribution is -0.384. The Morgan fingerprint density at radius 2 is 1.58 bits per heavy atom. The number of rotatable bonds is 6. The van der Waals surface area contributed by atoms with E-state index in [-0.39, 0.29) is 33.8 Å². The number of hydrogen-bond acceptors (Lipinski definition) is 7. The summed E-state index contributed by atoms with van der Waals surface area (Å²) in [6.45, 7) is 1.44. The van der Waals surface area contributed by atoms with Crippen molar-refractivity contribution in [2.45, 2.75) is 13.0 Å². The van der Waals surface area contributed by atoms with Crippen LogP contribution in [0.2, 0.25) is 0 Å². The third-order valence-corrected chi connectivity index (χ3v) is 5.13. The molecule has 9 heteroatoms. The zero-order valence-corrected chi connectivity index (χ0v) is 17.3. The van der Waals surface area contributed by atoms with E-state index in [0.29, 0.717) is 5.56 Å². The Kier molecular flexibility index (Phi) is 5.53. The Bertz CT molecular complexity index is 1320. The molecule has 0 N–H and O–H groups in total. The lowest BCUT2D eigenvalue weighted by Crippen LogP contribution is -2.29. The van der Waals surface area contributed by atoms with Crippen LogP contribution in [0.15, 0.2) is 72.8 Å². The summed E-state index contributed by atoms with van der Waals surface area (Å²) in [5.74, 6) is -2.60. The molecule has 4 rings (SSSR count). The fourth-order valence-corrected chi connectivity index (χ4v) is 3.47. The van der Waals surface area contributed by atoms with Crippen molar-refractivity contribution in [3.8, 4) is 0 Å². The number of hydrogen-bond donors (Lipinski definition) is 0. The highest BCUT2D eigenvalue weighted by Gasteiger charge is 2.38. The second-order valence-corrected chi connectivity index (χ2v) is 7.26. The van der Waals surface area contributed by atoms with Gasteiger partial charge in [0.25, 0.3) is 17.5 Å². The lowest BCUT2D eigenvalue weighted by atomic mass is 10.1. The minimum absolute atomic E-state index is 0.0106. The number of nitro groups is 1. The van der Waals surface area contributed by atoms with Gasteiger partial charge in [-0.3, -0.25) is 24.5 Å². The number of amides is 2. The highest BCUT2D eigenvalue weighted by Crippen LogP contribution is 2.31. The van der Waals surface area contributed by atoms with Crippen molar-refractivity contribution < 1.29 is 28.8 Å². The van der Waals surface area contributed by atoms with Gasteiger partial charge < -0.3 is 4.74 Å². The molecule has 9 nitrogen and oxygen atoms in total. The van der Waals surface area contributed by atoms with E-state index in [1.807, 2.05) is 0 Å². The lowest BCUT2D eigenvalue weighted by Gasteiger charge is -2.13. The number of carbonyl (C=O) groups is 4. The molecule has 2 amide bonds. The summed E-state index contributed by atoms with van der Waals surface area (Å²) in [4.78, 5) is 61.9. The molecule has 33 heavy (non-hydrogen) atoms. The number of anilines is 1. The maximum atomic E-state index is 12.9. The Balaban J connectivity index is 1.56. The summed E-state index contributed by atoms with van der Waals surface area (Å²) in [6, 6.07) is 17.3. The van der Waals surface area contributed by atoms with Crippen LogP contribution >= 0.6 is 0 Å². The van der Waals surface area contributed by atoms with Crippen molar-refractivity contribution in [3.63, 3.8) is 0 Å². The summed E-state index contributed by atoms with van der Waals surface area (Å²) in [5.41, 5.74) is 0.162. The van der Waals surface area contributed by atoms with E-state index in [1.165, 1.54) is 43.3 Å². The first-order chi connectivity index (χ1) is 15.8. The van der Waals surface area contributed by atoms with Crippen LogP contribution in [-0.4, -0.2) is 34.6 Å². The largest absolute Gasteiger partial charge is 0.451 e. The van der Waals surface area contributed by atoms with Crippen LogP contribution in [0, 0.1) is 10.1 Å². The van der Waals surface area contributed by atoms with Gasteiger partial charge in [0.05, 0.1) is 27.3 Å². The molecule has 0 aliphatic carbocycles. The number of ether oxygens (including phenoxy) is 1. The number of esters is 1. The summed E-state index contributed by atoms with van der Waals surface area (Å²) < 4.78 is 5.25. The third kappa shape index (κ3) is 3.99. The van der Waals surface area contributed by atoms with Crippen LogP contribution in [-0.2, 0) is 4.74 Å². The zero-order chi connectivity index (χ0) is 23.7. The summed E-state index contributed by atoms with van der Waals surface area (Å²) >= 11 is 0. The van der Waals surface area contributed by atoms with Crippen LogP contribution in [0.4, 0.5) is 11.4 Å². The number of nitro benzene ring substituents is 1. The fraction of sp³-hybridized carbons (Fsp3) is 0.0833.